The predicted octanol–water partition coefficient (Wildman–Crippen LogP) is 1.45. The summed E-state index contributed by atoms with van der Waals surface area (Å²) < 4.78 is 9.36. The van der Waals surface area contributed by atoms with Crippen LogP contribution >= 0.6 is 0 Å². The highest BCUT2D eigenvalue weighted by Gasteiger charge is 2.10. The van der Waals surface area contributed by atoms with Crippen LogP contribution in [0.2, 0.25) is 0 Å². The average Bonchev–Trinajstić information content (AvgIpc) is 2.13. The normalized spacial score (nSPS) is 9.21. The Bertz CT molecular complexity index is 198. The number of rotatable bonds is 7. The first kappa shape index (κ1) is 12.7. The van der Waals surface area contributed by atoms with E-state index in [-0.39, 0.29) is 13.0 Å². The van der Waals surface area contributed by atoms with Crippen molar-refractivity contribution in [2.75, 3.05) is 13.2 Å². The molecule has 0 saturated heterocycles. The molecule has 0 radical (unpaired) electrons. The van der Waals surface area contributed by atoms with E-state index in [0.29, 0.717) is 6.61 Å². The Hall–Kier alpha value is -1.32. The fourth-order valence-corrected chi connectivity index (χ4v) is 0.795. The lowest BCUT2D eigenvalue weighted by molar-refractivity contribution is -0.154. The first-order valence-electron chi connectivity index (χ1n) is 4.62. The molecule has 80 valence electrons. The third-order valence-corrected chi connectivity index (χ3v) is 1.41. The highest BCUT2D eigenvalue weighted by molar-refractivity contribution is 5.91. The molecule has 0 saturated carbocycles. The average molecular weight is 200 g/mol. The zero-order chi connectivity index (χ0) is 10.8. The van der Waals surface area contributed by atoms with E-state index < -0.39 is 11.9 Å². The molecule has 0 rings (SSSR count). The van der Waals surface area contributed by atoms with Gasteiger partial charge in [0, 0.05) is 0 Å². The highest BCUT2D eigenvalue weighted by atomic mass is 16.6. The zero-order valence-electron chi connectivity index (χ0n) is 8.45. The Morgan fingerprint density at radius 1 is 1.29 bits per heavy atom. The topological polar surface area (TPSA) is 52.6 Å². The minimum Gasteiger partial charge on any atom is -0.466 e. The molecule has 0 aromatic heterocycles. The van der Waals surface area contributed by atoms with Crippen molar-refractivity contribution < 1.29 is 19.1 Å². The van der Waals surface area contributed by atoms with Crippen molar-refractivity contribution in [3.63, 3.8) is 0 Å². The van der Waals surface area contributed by atoms with Crippen molar-refractivity contribution in [2.45, 2.75) is 26.2 Å². The van der Waals surface area contributed by atoms with Crippen molar-refractivity contribution in [1.29, 1.82) is 0 Å². The second-order valence-corrected chi connectivity index (χ2v) is 2.63. The fraction of sp³-hybridized carbons (Fsp3) is 0.600. The van der Waals surface area contributed by atoms with Crippen molar-refractivity contribution in [3.8, 4) is 0 Å². The minimum atomic E-state index is -0.541. The fourth-order valence-electron chi connectivity index (χ4n) is 0.795. The van der Waals surface area contributed by atoms with Crippen LogP contribution in [0.5, 0.6) is 0 Å². The quantitative estimate of drug-likeness (QED) is 0.270. The van der Waals surface area contributed by atoms with Crippen molar-refractivity contribution in [3.05, 3.63) is 12.7 Å². The van der Waals surface area contributed by atoms with E-state index in [1.54, 1.807) is 13.0 Å². The Kier molecular flexibility index (Phi) is 7.50. The maximum absolute atomic E-state index is 10.9. The molecular formula is C10H16O4. The summed E-state index contributed by atoms with van der Waals surface area (Å²) in [7, 11) is 0. The van der Waals surface area contributed by atoms with Gasteiger partial charge in [0.2, 0.25) is 0 Å². The predicted molar refractivity (Wildman–Crippen MR) is 51.6 cm³/mol. The van der Waals surface area contributed by atoms with Crippen LogP contribution in [-0.2, 0) is 19.1 Å². The molecule has 0 aliphatic carbocycles. The number of hydrogen-bond donors (Lipinski definition) is 0. The van der Waals surface area contributed by atoms with Crippen molar-refractivity contribution in [1.82, 2.24) is 0 Å². The summed E-state index contributed by atoms with van der Waals surface area (Å²) in [5.41, 5.74) is 0. The summed E-state index contributed by atoms with van der Waals surface area (Å²) in [5.74, 6) is -1.08. The second kappa shape index (κ2) is 8.29. The van der Waals surface area contributed by atoms with Gasteiger partial charge in [0.05, 0.1) is 13.2 Å². The lowest BCUT2D eigenvalue weighted by Crippen LogP contribution is -2.14. The van der Waals surface area contributed by atoms with E-state index >= 15 is 0 Å². The van der Waals surface area contributed by atoms with Crippen LogP contribution in [0, 0.1) is 0 Å². The van der Waals surface area contributed by atoms with Gasteiger partial charge >= 0.3 is 11.9 Å². The van der Waals surface area contributed by atoms with Gasteiger partial charge in [0.25, 0.3) is 0 Å². The Morgan fingerprint density at radius 2 is 1.93 bits per heavy atom. The molecule has 0 aromatic carbocycles. The molecule has 0 heterocycles. The number of unbranched alkanes of at least 4 members (excludes halogenated alkanes) is 1. The largest absolute Gasteiger partial charge is 0.466 e. The van der Waals surface area contributed by atoms with Crippen molar-refractivity contribution in [2.24, 2.45) is 0 Å². The number of carbonyl (C=O) groups excluding carboxylic acids is 2. The molecule has 14 heavy (non-hydrogen) atoms. The van der Waals surface area contributed by atoms with Crippen LogP contribution < -0.4 is 0 Å². The maximum Gasteiger partial charge on any atom is 0.317 e. The summed E-state index contributed by atoms with van der Waals surface area (Å²) in [5, 5.41) is 0. The summed E-state index contributed by atoms with van der Waals surface area (Å²) in [4.78, 5) is 21.7. The molecule has 0 amide bonds. The number of allylic oxidation sites excluding steroid dienone is 1. The molecule has 0 fully saturated rings. The van der Waals surface area contributed by atoms with E-state index in [9.17, 15) is 9.59 Å². The first-order chi connectivity index (χ1) is 6.70. The van der Waals surface area contributed by atoms with Crippen LogP contribution in [-0.4, -0.2) is 25.2 Å². The smallest absolute Gasteiger partial charge is 0.317 e. The van der Waals surface area contributed by atoms with Gasteiger partial charge < -0.3 is 9.47 Å². The first-order valence-corrected chi connectivity index (χ1v) is 4.62. The third-order valence-electron chi connectivity index (χ3n) is 1.41. The summed E-state index contributed by atoms with van der Waals surface area (Å²) in [6, 6.07) is 0. The molecular weight excluding hydrogens is 184 g/mol. The summed E-state index contributed by atoms with van der Waals surface area (Å²) in [6.45, 7) is 5.83. The van der Waals surface area contributed by atoms with E-state index in [0.717, 1.165) is 12.8 Å². The molecule has 0 aromatic rings. The summed E-state index contributed by atoms with van der Waals surface area (Å²) in [6.07, 6.45) is 2.98. The van der Waals surface area contributed by atoms with Gasteiger partial charge in [-0.2, -0.15) is 0 Å². The van der Waals surface area contributed by atoms with E-state index in [1.807, 2.05) is 0 Å². The molecule has 0 aliphatic rings. The maximum atomic E-state index is 10.9. The van der Waals surface area contributed by atoms with Crippen molar-refractivity contribution >= 4 is 11.9 Å². The molecule has 0 spiro atoms. The van der Waals surface area contributed by atoms with Crippen LogP contribution in [0.15, 0.2) is 12.7 Å². The molecule has 0 bridgehead atoms. The second-order valence-electron chi connectivity index (χ2n) is 2.63. The molecule has 0 N–H and O–H groups in total. The van der Waals surface area contributed by atoms with E-state index in [2.05, 4.69) is 11.3 Å². The van der Waals surface area contributed by atoms with Gasteiger partial charge in [-0.15, -0.1) is 6.58 Å². The van der Waals surface area contributed by atoms with Crippen LogP contribution in [0.1, 0.15) is 26.2 Å². The number of ether oxygens (including phenoxy) is 2. The number of esters is 2. The van der Waals surface area contributed by atoms with E-state index in [1.165, 1.54) is 0 Å². The molecule has 0 atom stereocenters. The lowest BCUT2D eigenvalue weighted by Gasteiger charge is -2.03. The van der Waals surface area contributed by atoms with E-state index in [4.69, 9.17) is 4.74 Å². The van der Waals surface area contributed by atoms with Gasteiger partial charge in [-0.05, 0) is 19.8 Å². The highest BCUT2D eigenvalue weighted by Crippen LogP contribution is 1.94. The van der Waals surface area contributed by atoms with Gasteiger partial charge in [0.1, 0.15) is 6.42 Å². The summed E-state index contributed by atoms with van der Waals surface area (Å²) >= 11 is 0. The van der Waals surface area contributed by atoms with Crippen LogP contribution in [0.4, 0.5) is 0 Å². The third kappa shape index (κ3) is 7.34. The molecule has 0 aliphatic heterocycles. The Morgan fingerprint density at radius 3 is 2.50 bits per heavy atom. The molecule has 4 nitrogen and oxygen atoms in total. The minimum absolute atomic E-state index is 0.280. The number of hydrogen-bond acceptors (Lipinski definition) is 4. The SMILES string of the molecule is C=CCCCOC(=O)CC(=O)OCC. The van der Waals surface area contributed by atoms with Gasteiger partial charge in [0.15, 0.2) is 0 Å². The Labute approximate surface area is 83.9 Å². The molecule has 4 heteroatoms. The monoisotopic (exact) mass is 200 g/mol. The Balaban J connectivity index is 3.45. The number of carbonyl (C=O) groups is 2. The molecule has 0 unspecified atom stereocenters. The zero-order valence-corrected chi connectivity index (χ0v) is 8.45. The van der Waals surface area contributed by atoms with Gasteiger partial charge in [-0.3, -0.25) is 9.59 Å². The van der Waals surface area contributed by atoms with Gasteiger partial charge in [-0.1, -0.05) is 6.08 Å². The van der Waals surface area contributed by atoms with Crippen LogP contribution in [0.3, 0.4) is 0 Å². The standard InChI is InChI=1S/C10H16O4/c1-3-5-6-7-14-10(12)8-9(11)13-4-2/h3H,1,4-8H2,2H3. The van der Waals surface area contributed by atoms with Crippen LogP contribution in [0.25, 0.3) is 0 Å². The van der Waals surface area contributed by atoms with Gasteiger partial charge in [-0.25, -0.2) is 0 Å². The lowest BCUT2D eigenvalue weighted by atomic mass is 10.3.